The Morgan fingerprint density at radius 1 is 1.36 bits per heavy atom. The molecule has 1 rings (SSSR count). The molecule has 1 aliphatic carbocycles. The molecular weight excluding hydrogens is 194 g/mol. The highest BCUT2D eigenvalue weighted by Gasteiger charge is 2.34. The first kappa shape index (κ1) is 11.9. The molecule has 2 heteroatoms. The van der Waals surface area contributed by atoms with Crippen LogP contribution in [0.2, 0.25) is 0 Å². The van der Waals surface area contributed by atoms with E-state index in [0.29, 0.717) is 6.42 Å². The minimum Gasteiger partial charge on any atom is -0.234 e. The molecule has 0 aromatic rings. The summed E-state index contributed by atoms with van der Waals surface area (Å²) in [6, 6.07) is 0. The van der Waals surface area contributed by atoms with Crippen molar-refractivity contribution < 1.29 is 4.39 Å². The molecule has 0 radical (unpaired) electrons. The molecule has 80 valence electrons. The molecule has 0 nitrogen and oxygen atoms in total. The Morgan fingerprint density at radius 3 is 2.64 bits per heavy atom. The predicted molar refractivity (Wildman–Crippen MR) is 64.0 cm³/mol. The minimum absolute atomic E-state index is 0.469. The van der Waals surface area contributed by atoms with Gasteiger partial charge in [0.1, 0.15) is 0 Å². The SMILES string of the molecule is CCCCP(CC)C1(F)C=CC=CC1. The average molecular weight is 214 g/mol. The lowest BCUT2D eigenvalue weighted by Gasteiger charge is -2.31. The number of halogens is 1. The molecule has 0 bridgehead atoms. The normalized spacial score (nSPS) is 27.9. The fourth-order valence-electron chi connectivity index (χ4n) is 1.77. The van der Waals surface area contributed by atoms with Crippen LogP contribution in [0, 0.1) is 0 Å². The molecule has 1 aliphatic rings. The van der Waals surface area contributed by atoms with Crippen molar-refractivity contribution in [2.75, 3.05) is 12.3 Å². The van der Waals surface area contributed by atoms with E-state index < -0.39 is 13.3 Å². The monoisotopic (exact) mass is 214 g/mol. The molecule has 2 atom stereocenters. The second-order valence-corrected chi connectivity index (χ2v) is 6.65. The van der Waals surface area contributed by atoms with Gasteiger partial charge >= 0.3 is 0 Å². The number of hydrogen-bond donors (Lipinski definition) is 0. The highest BCUT2D eigenvalue weighted by Crippen LogP contribution is 2.54. The lowest BCUT2D eigenvalue weighted by Crippen LogP contribution is -2.20. The summed E-state index contributed by atoms with van der Waals surface area (Å²) in [5.74, 6) is 0. The molecule has 14 heavy (non-hydrogen) atoms. The topological polar surface area (TPSA) is 0 Å². The van der Waals surface area contributed by atoms with Crippen molar-refractivity contribution in [1.82, 2.24) is 0 Å². The third-order valence-corrected chi connectivity index (χ3v) is 5.69. The van der Waals surface area contributed by atoms with Crippen LogP contribution < -0.4 is 0 Å². The van der Waals surface area contributed by atoms with Crippen molar-refractivity contribution in [3.63, 3.8) is 0 Å². The number of alkyl halides is 1. The fourth-order valence-corrected chi connectivity index (χ4v) is 4.35. The van der Waals surface area contributed by atoms with E-state index in [9.17, 15) is 4.39 Å². The van der Waals surface area contributed by atoms with Crippen LogP contribution >= 0.6 is 7.92 Å². The largest absolute Gasteiger partial charge is 0.234 e. The van der Waals surface area contributed by atoms with E-state index in [2.05, 4.69) is 13.8 Å². The quantitative estimate of drug-likeness (QED) is 0.592. The van der Waals surface area contributed by atoms with E-state index in [1.807, 2.05) is 18.2 Å². The summed E-state index contributed by atoms with van der Waals surface area (Å²) in [6.45, 7) is 4.29. The highest BCUT2D eigenvalue weighted by molar-refractivity contribution is 7.59. The van der Waals surface area contributed by atoms with Crippen molar-refractivity contribution in [3.8, 4) is 0 Å². The number of hydrogen-bond acceptors (Lipinski definition) is 0. The van der Waals surface area contributed by atoms with Crippen LogP contribution in [-0.4, -0.2) is 17.7 Å². The summed E-state index contributed by atoms with van der Waals surface area (Å²) < 4.78 is 14.5. The standard InChI is InChI=1S/C12H20FP/c1-3-5-11-14(4-2)12(13)9-7-6-8-10-12/h6-9H,3-5,10-11H2,1-2H3. The lowest BCUT2D eigenvalue weighted by atomic mass is 10.1. The molecule has 0 fully saturated rings. The van der Waals surface area contributed by atoms with Gasteiger partial charge in [0, 0.05) is 6.42 Å². The smallest absolute Gasteiger partial charge is 0.151 e. The Balaban J connectivity index is 2.58. The van der Waals surface area contributed by atoms with Gasteiger partial charge in [-0.05, 0) is 24.8 Å². The van der Waals surface area contributed by atoms with Gasteiger partial charge in [-0.25, -0.2) is 4.39 Å². The molecule has 2 unspecified atom stereocenters. The molecule has 0 amide bonds. The summed E-state index contributed by atoms with van der Waals surface area (Å²) in [5, 5.41) is -1.01. The third-order valence-electron chi connectivity index (χ3n) is 2.69. The highest BCUT2D eigenvalue weighted by atomic mass is 31.1. The summed E-state index contributed by atoms with van der Waals surface area (Å²) in [7, 11) is -0.469. The van der Waals surface area contributed by atoms with E-state index >= 15 is 0 Å². The maximum atomic E-state index is 14.5. The van der Waals surface area contributed by atoms with Crippen LogP contribution in [0.1, 0.15) is 33.1 Å². The van der Waals surface area contributed by atoms with Crippen LogP contribution in [0.25, 0.3) is 0 Å². The van der Waals surface area contributed by atoms with Gasteiger partial charge in [-0.15, -0.1) is 0 Å². The zero-order valence-corrected chi connectivity index (χ0v) is 10.1. The van der Waals surface area contributed by atoms with Gasteiger partial charge in [0.05, 0.1) is 0 Å². The van der Waals surface area contributed by atoms with Crippen molar-refractivity contribution in [1.29, 1.82) is 0 Å². The second kappa shape index (κ2) is 5.66. The predicted octanol–water partition coefficient (Wildman–Crippen LogP) is 4.47. The van der Waals surface area contributed by atoms with Gasteiger partial charge in [0.2, 0.25) is 0 Å². The van der Waals surface area contributed by atoms with Gasteiger partial charge < -0.3 is 0 Å². The van der Waals surface area contributed by atoms with E-state index in [1.165, 1.54) is 12.8 Å². The van der Waals surface area contributed by atoms with Crippen LogP contribution in [0.3, 0.4) is 0 Å². The number of unbranched alkanes of at least 4 members (excludes halogenated alkanes) is 1. The second-order valence-electron chi connectivity index (χ2n) is 3.74. The van der Waals surface area contributed by atoms with Gasteiger partial charge in [0.25, 0.3) is 0 Å². The first-order valence-electron chi connectivity index (χ1n) is 5.51. The van der Waals surface area contributed by atoms with Crippen LogP contribution in [0.5, 0.6) is 0 Å². The third kappa shape index (κ3) is 2.92. The molecule has 0 aromatic carbocycles. The van der Waals surface area contributed by atoms with Gasteiger partial charge in [-0.2, -0.15) is 0 Å². The molecule has 0 aromatic heterocycles. The zero-order chi connectivity index (χ0) is 10.4. The Labute approximate surface area is 88.0 Å². The van der Waals surface area contributed by atoms with E-state index in [0.717, 1.165) is 12.3 Å². The van der Waals surface area contributed by atoms with Crippen LogP contribution in [0.15, 0.2) is 24.3 Å². The molecule has 0 spiro atoms. The summed E-state index contributed by atoms with van der Waals surface area (Å²) in [5.41, 5.74) is 0. The lowest BCUT2D eigenvalue weighted by molar-refractivity contribution is 0.347. The fraction of sp³-hybridized carbons (Fsp3) is 0.667. The maximum absolute atomic E-state index is 14.5. The summed E-state index contributed by atoms with van der Waals surface area (Å²) in [6.07, 6.45) is 12.6. The van der Waals surface area contributed by atoms with Crippen molar-refractivity contribution in [2.24, 2.45) is 0 Å². The summed E-state index contributed by atoms with van der Waals surface area (Å²) in [4.78, 5) is 0. The van der Waals surface area contributed by atoms with E-state index in [4.69, 9.17) is 0 Å². The molecule has 0 heterocycles. The zero-order valence-electron chi connectivity index (χ0n) is 9.17. The first-order chi connectivity index (χ1) is 6.73. The van der Waals surface area contributed by atoms with Gasteiger partial charge in [-0.3, -0.25) is 0 Å². The maximum Gasteiger partial charge on any atom is 0.151 e. The molecular formula is C12H20FP. The Bertz CT molecular complexity index is 222. The number of rotatable bonds is 5. The molecule has 0 saturated heterocycles. The molecule has 0 N–H and O–H groups in total. The van der Waals surface area contributed by atoms with Crippen LogP contribution in [0.4, 0.5) is 4.39 Å². The Hall–Kier alpha value is -0.160. The summed E-state index contributed by atoms with van der Waals surface area (Å²) >= 11 is 0. The minimum atomic E-state index is -1.01. The van der Waals surface area contributed by atoms with Crippen LogP contribution in [-0.2, 0) is 0 Å². The first-order valence-corrected chi connectivity index (χ1v) is 7.22. The van der Waals surface area contributed by atoms with Crippen molar-refractivity contribution in [2.45, 2.75) is 38.5 Å². The number of allylic oxidation sites excluding steroid dienone is 4. The molecule has 0 aliphatic heterocycles. The average Bonchev–Trinajstić information content (AvgIpc) is 2.20. The van der Waals surface area contributed by atoms with Gasteiger partial charge in [0.15, 0.2) is 5.41 Å². The van der Waals surface area contributed by atoms with Crippen molar-refractivity contribution in [3.05, 3.63) is 24.3 Å². The Kier molecular flexibility index (Phi) is 4.81. The van der Waals surface area contributed by atoms with Gasteiger partial charge in [-0.1, -0.05) is 46.4 Å². The Morgan fingerprint density at radius 2 is 2.14 bits per heavy atom. The van der Waals surface area contributed by atoms with E-state index in [1.54, 1.807) is 6.08 Å². The van der Waals surface area contributed by atoms with Crippen molar-refractivity contribution >= 4 is 7.92 Å². The molecule has 0 saturated carbocycles. The van der Waals surface area contributed by atoms with E-state index in [-0.39, 0.29) is 0 Å².